The van der Waals surface area contributed by atoms with Gasteiger partial charge in [-0.3, -0.25) is 10.4 Å². The molecule has 0 atom stereocenters. The summed E-state index contributed by atoms with van der Waals surface area (Å²) >= 11 is 3.12. The maximum atomic E-state index is 9.37. The lowest BCUT2D eigenvalue weighted by Gasteiger charge is -2.05. The highest BCUT2D eigenvalue weighted by molar-refractivity contribution is 9.10. The van der Waals surface area contributed by atoms with E-state index >= 15 is 0 Å². The number of amidine groups is 1. The molecule has 64 valence electrons. The van der Waals surface area contributed by atoms with Crippen molar-refractivity contribution in [3.8, 4) is 5.75 Å². The van der Waals surface area contributed by atoms with Crippen LogP contribution in [0.3, 0.4) is 0 Å². The molecule has 5 heteroatoms. The van der Waals surface area contributed by atoms with Gasteiger partial charge in [0.25, 0.3) is 0 Å². The first-order valence-corrected chi connectivity index (χ1v) is 4.01. The number of rotatable bonds is 1. The van der Waals surface area contributed by atoms with Crippen LogP contribution in [-0.2, 0) is 0 Å². The van der Waals surface area contributed by atoms with Crippen molar-refractivity contribution in [2.45, 2.75) is 6.92 Å². The van der Waals surface area contributed by atoms with E-state index in [-0.39, 0.29) is 11.6 Å². The Labute approximate surface area is 78.1 Å². The monoisotopic (exact) mass is 229 g/mol. The van der Waals surface area contributed by atoms with Gasteiger partial charge in [0.2, 0.25) is 0 Å². The summed E-state index contributed by atoms with van der Waals surface area (Å²) in [5.74, 6) is -0.0904. The van der Waals surface area contributed by atoms with Crippen molar-refractivity contribution in [1.82, 2.24) is 4.98 Å². The molecule has 0 spiro atoms. The van der Waals surface area contributed by atoms with E-state index in [2.05, 4.69) is 20.9 Å². The standard InChI is InChI=1S/C7H8BrN3O/c1-3-6(12)5(8)4(2-11-3)7(9)10/h2,12H,1H3,(H3,9,10). The average molecular weight is 230 g/mol. The van der Waals surface area contributed by atoms with Crippen LogP contribution >= 0.6 is 15.9 Å². The normalized spacial score (nSPS) is 9.83. The molecule has 0 unspecified atom stereocenters. The third-order valence-electron chi connectivity index (χ3n) is 1.46. The van der Waals surface area contributed by atoms with Gasteiger partial charge >= 0.3 is 0 Å². The van der Waals surface area contributed by atoms with Crippen LogP contribution < -0.4 is 5.73 Å². The van der Waals surface area contributed by atoms with Crippen LogP contribution in [-0.4, -0.2) is 15.9 Å². The van der Waals surface area contributed by atoms with Crippen molar-refractivity contribution < 1.29 is 5.11 Å². The molecule has 0 radical (unpaired) electrons. The van der Waals surface area contributed by atoms with Crippen LogP contribution in [0.4, 0.5) is 0 Å². The minimum Gasteiger partial charge on any atom is -0.505 e. The van der Waals surface area contributed by atoms with Gasteiger partial charge in [0.1, 0.15) is 5.84 Å². The number of aromatic nitrogens is 1. The number of nitrogen functional groups attached to an aromatic ring is 1. The molecular formula is C7H8BrN3O. The highest BCUT2D eigenvalue weighted by Gasteiger charge is 2.10. The molecule has 1 aromatic heterocycles. The van der Waals surface area contributed by atoms with Gasteiger partial charge in [0, 0.05) is 6.20 Å². The highest BCUT2D eigenvalue weighted by Crippen LogP contribution is 2.28. The van der Waals surface area contributed by atoms with E-state index in [4.69, 9.17) is 11.1 Å². The minimum atomic E-state index is -0.121. The van der Waals surface area contributed by atoms with Gasteiger partial charge in [-0.05, 0) is 22.9 Å². The first kappa shape index (κ1) is 8.99. The van der Waals surface area contributed by atoms with Crippen LogP contribution in [0.25, 0.3) is 0 Å². The van der Waals surface area contributed by atoms with E-state index in [0.29, 0.717) is 15.7 Å². The molecule has 1 heterocycles. The van der Waals surface area contributed by atoms with Gasteiger partial charge in [-0.1, -0.05) is 0 Å². The number of nitrogens with one attached hydrogen (secondary N) is 1. The molecule has 0 aliphatic rings. The lowest BCUT2D eigenvalue weighted by Crippen LogP contribution is -2.12. The second-order valence-electron chi connectivity index (χ2n) is 2.33. The van der Waals surface area contributed by atoms with Crippen molar-refractivity contribution in [2.75, 3.05) is 0 Å². The molecule has 0 amide bonds. The Morgan fingerprint density at radius 1 is 1.75 bits per heavy atom. The molecule has 4 N–H and O–H groups in total. The van der Waals surface area contributed by atoms with Crippen LogP contribution in [0.15, 0.2) is 10.7 Å². The summed E-state index contributed by atoms with van der Waals surface area (Å²) in [4.78, 5) is 3.86. The van der Waals surface area contributed by atoms with Crippen molar-refractivity contribution in [1.29, 1.82) is 5.41 Å². The van der Waals surface area contributed by atoms with Crippen LogP contribution in [0.5, 0.6) is 5.75 Å². The molecule has 0 saturated carbocycles. The molecule has 12 heavy (non-hydrogen) atoms. The Kier molecular flexibility index (Phi) is 2.32. The fourth-order valence-electron chi connectivity index (χ4n) is 0.753. The van der Waals surface area contributed by atoms with Crippen molar-refractivity contribution in [2.24, 2.45) is 5.73 Å². The van der Waals surface area contributed by atoms with Crippen LogP contribution in [0.1, 0.15) is 11.3 Å². The summed E-state index contributed by atoms with van der Waals surface area (Å²) in [7, 11) is 0. The second kappa shape index (κ2) is 3.10. The third-order valence-corrected chi connectivity index (χ3v) is 2.27. The van der Waals surface area contributed by atoms with Crippen LogP contribution in [0, 0.1) is 12.3 Å². The summed E-state index contributed by atoms with van der Waals surface area (Å²) < 4.78 is 0.419. The average Bonchev–Trinajstić information content (AvgIpc) is 2.00. The van der Waals surface area contributed by atoms with E-state index < -0.39 is 0 Å². The SMILES string of the molecule is Cc1ncc(C(=N)N)c(Br)c1O. The molecule has 0 aliphatic heterocycles. The van der Waals surface area contributed by atoms with Crippen molar-refractivity contribution in [3.05, 3.63) is 21.9 Å². The first-order chi connectivity index (χ1) is 5.54. The van der Waals surface area contributed by atoms with E-state index in [1.165, 1.54) is 6.20 Å². The predicted octanol–water partition coefficient (Wildman–Crippen LogP) is 1.14. The Bertz CT molecular complexity index is 338. The topological polar surface area (TPSA) is 83.0 Å². The molecule has 0 bridgehead atoms. The highest BCUT2D eigenvalue weighted by atomic mass is 79.9. The van der Waals surface area contributed by atoms with Gasteiger partial charge < -0.3 is 10.8 Å². The summed E-state index contributed by atoms with van der Waals surface area (Å²) in [6.07, 6.45) is 1.45. The number of pyridine rings is 1. The summed E-state index contributed by atoms with van der Waals surface area (Å²) in [6, 6.07) is 0. The lowest BCUT2D eigenvalue weighted by atomic mass is 10.2. The van der Waals surface area contributed by atoms with Gasteiger partial charge in [-0.25, -0.2) is 0 Å². The number of hydrogen-bond donors (Lipinski definition) is 3. The number of aromatic hydroxyl groups is 1. The second-order valence-corrected chi connectivity index (χ2v) is 3.13. The van der Waals surface area contributed by atoms with Gasteiger partial charge in [-0.2, -0.15) is 0 Å². The van der Waals surface area contributed by atoms with E-state index in [1.54, 1.807) is 6.92 Å². The quantitative estimate of drug-likeness (QED) is 0.499. The van der Waals surface area contributed by atoms with E-state index in [0.717, 1.165) is 0 Å². The van der Waals surface area contributed by atoms with Gasteiger partial charge in [0.05, 0.1) is 15.7 Å². The molecule has 1 aromatic rings. The molecule has 0 aromatic carbocycles. The number of halogens is 1. The zero-order valence-corrected chi connectivity index (χ0v) is 8.01. The number of aryl methyl sites for hydroxylation is 1. The predicted molar refractivity (Wildman–Crippen MR) is 49.4 cm³/mol. The van der Waals surface area contributed by atoms with E-state index in [9.17, 15) is 5.11 Å². The number of nitrogens with two attached hydrogens (primary N) is 1. The molecule has 0 aliphatic carbocycles. The molecule has 0 fully saturated rings. The summed E-state index contributed by atoms with van der Waals surface area (Å²) in [6.45, 7) is 1.67. The fourth-order valence-corrected chi connectivity index (χ4v) is 1.36. The Morgan fingerprint density at radius 2 is 2.33 bits per heavy atom. The molecule has 4 nitrogen and oxygen atoms in total. The fraction of sp³-hybridized carbons (Fsp3) is 0.143. The zero-order chi connectivity index (χ0) is 9.30. The summed E-state index contributed by atoms with van der Waals surface area (Å²) in [5, 5.41) is 16.5. The lowest BCUT2D eigenvalue weighted by molar-refractivity contribution is 0.464. The number of hydrogen-bond acceptors (Lipinski definition) is 3. The largest absolute Gasteiger partial charge is 0.505 e. The summed E-state index contributed by atoms with van der Waals surface area (Å²) in [5.41, 5.74) is 6.14. The minimum absolute atomic E-state index is 0.0303. The van der Waals surface area contributed by atoms with E-state index in [1.807, 2.05) is 0 Å². The van der Waals surface area contributed by atoms with Gasteiger partial charge in [-0.15, -0.1) is 0 Å². The Hall–Kier alpha value is -1.10. The maximum absolute atomic E-state index is 9.37. The maximum Gasteiger partial charge on any atom is 0.151 e. The first-order valence-electron chi connectivity index (χ1n) is 3.22. The third kappa shape index (κ3) is 1.40. The van der Waals surface area contributed by atoms with Crippen molar-refractivity contribution in [3.63, 3.8) is 0 Å². The van der Waals surface area contributed by atoms with Gasteiger partial charge in [0.15, 0.2) is 5.75 Å². The van der Waals surface area contributed by atoms with Crippen molar-refractivity contribution >= 4 is 21.8 Å². The Morgan fingerprint density at radius 3 is 2.83 bits per heavy atom. The zero-order valence-electron chi connectivity index (χ0n) is 6.43. The molecule has 1 rings (SSSR count). The molecular weight excluding hydrogens is 222 g/mol. The van der Waals surface area contributed by atoms with Crippen LogP contribution in [0.2, 0.25) is 0 Å². The number of nitrogens with zero attached hydrogens (tertiary/aromatic N) is 1. The molecule has 0 saturated heterocycles. The Balaban J connectivity index is 3.36. The smallest absolute Gasteiger partial charge is 0.151 e.